The van der Waals surface area contributed by atoms with E-state index in [4.69, 9.17) is 4.74 Å². The maximum absolute atomic E-state index is 13.0. The Kier molecular flexibility index (Phi) is 7.16. The fraction of sp³-hybridized carbons (Fsp3) is 0.150. The first kappa shape index (κ1) is 20.0. The first-order chi connectivity index (χ1) is 13.6. The molecule has 0 aliphatic carbocycles. The molecule has 1 amide bonds. The first-order valence-corrected chi connectivity index (χ1v) is 10.3. The Morgan fingerprint density at radius 2 is 1.86 bits per heavy atom. The van der Waals surface area contributed by atoms with Gasteiger partial charge in [0.15, 0.2) is 12.3 Å². The highest BCUT2D eigenvalue weighted by molar-refractivity contribution is 7.99. The third-order valence-corrected chi connectivity index (χ3v) is 5.48. The van der Waals surface area contributed by atoms with E-state index >= 15 is 0 Å². The van der Waals surface area contributed by atoms with Crippen LogP contribution in [0.25, 0.3) is 10.6 Å². The Morgan fingerprint density at radius 1 is 1.11 bits per heavy atom. The predicted molar refractivity (Wildman–Crippen MR) is 108 cm³/mol. The summed E-state index contributed by atoms with van der Waals surface area (Å²) < 4.78 is 18.0. The number of nitrogens with zero attached hydrogens (tertiary/aromatic N) is 1. The van der Waals surface area contributed by atoms with Gasteiger partial charge in [-0.2, -0.15) is 0 Å². The van der Waals surface area contributed by atoms with Gasteiger partial charge in [0.05, 0.1) is 0 Å². The summed E-state index contributed by atoms with van der Waals surface area (Å²) >= 11 is 2.88. The zero-order chi connectivity index (χ0) is 19.8. The number of halogens is 1. The number of esters is 1. The van der Waals surface area contributed by atoms with Crippen molar-refractivity contribution in [1.82, 2.24) is 10.3 Å². The molecule has 0 bridgehead atoms. The van der Waals surface area contributed by atoms with E-state index in [1.807, 2.05) is 30.3 Å². The second kappa shape index (κ2) is 10.0. The molecule has 8 heteroatoms. The number of carbonyl (C=O) groups is 2. The van der Waals surface area contributed by atoms with Crippen molar-refractivity contribution in [3.8, 4) is 10.6 Å². The van der Waals surface area contributed by atoms with Crippen molar-refractivity contribution in [2.24, 2.45) is 0 Å². The number of hydrogen-bond donors (Lipinski definition) is 1. The molecule has 0 aliphatic heterocycles. The normalized spacial score (nSPS) is 10.5. The molecule has 1 N–H and O–H groups in total. The topological polar surface area (TPSA) is 68.3 Å². The van der Waals surface area contributed by atoms with Crippen molar-refractivity contribution in [1.29, 1.82) is 0 Å². The molecule has 0 aliphatic rings. The van der Waals surface area contributed by atoms with Crippen LogP contribution in [0.4, 0.5) is 4.39 Å². The first-order valence-electron chi connectivity index (χ1n) is 8.45. The minimum atomic E-state index is -0.668. The monoisotopic (exact) mass is 416 g/mol. The van der Waals surface area contributed by atoms with Gasteiger partial charge in [-0.1, -0.05) is 18.2 Å². The van der Waals surface area contributed by atoms with Crippen LogP contribution in [0.3, 0.4) is 0 Å². The Balaban J connectivity index is 1.40. The van der Waals surface area contributed by atoms with Gasteiger partial charge in [-0.15, -0.1) is 23.1 Å². The van der Waals surface area contributed by atoms with Crippen LogP contribution in [0.5, 0.6) is 0 Å². The van der Waals surface area contributed by atoms with Gasteiger partial charge in [-0.3, -0.25) is 4.79 Å². The van der Waals surface area contributed by atoms with E-state index in [0.717, 1.165) is 10.6 Å². The zero-order valence-electron chi connectivity index (χ0n) is 14.8. The molecule has 144 valence electrons. The minimum Gasteiger partial charge on any atom is -0.451 e. The molecule has 1 heterocycles. The second-order valence-corrected chi connectivity index (χ2v) is 7.66. The summed E-state index contributed by atoms with van der Waals surface area (Å²) in [7, 11) is 0. The van der Waals surface area contributed by atoms with Crippen molar-refractivity contribution in [3.05, 3.63) is 71.5 Å². The highest BCUT2D eigenvalue weighted by Gasteiger charge is 2.15. The van der Waals surface area contributed by atoms with Crippen molar-refractivity contribution >= 4 is 35.0 Å². The lowest BCUT2D eigenvalue weighted by molar-refractivity contribution is -0.124. The highest BCUT2D eigenvalue weighted by atomic mass is 32.2. The van der Waals surface area contributed by atoms with Gasteiger partial charge in [0.25, 0.3) is 5.91 Å². The molecular weight excluding hydrogens is 399 g/mol. The lowest BCUT2D eigenvalue weighted by Gasteiger charge is -2.06. The van der Waals surface area contributed by atoms with E-state index in [1.54, 1.807) is 29.3 Å². The largest absolute Gasteiger partial charge is 0.451 e. The van der Waals surface area contributed by atoms with Crippen LogP contribution < -0.4 is 5.32 Å². The number of aromatic nitrogens is 1. The molecule has 0 saturated carbocycles. The summed E-state index contributed by atoms with van der Waals surface area (Å²) in [4.78, 5) is 29.2. The van der Waals surface area contributed by atoms with Gasteiger partial charge >= 0.3 is 5.97 Å². The molecule has 28 heavy (non-hydrogen) atoms. The number of ether oxygens (including phenoxy) is 1. The molecule has 1 aromatic heterocycles. The number of thioether (sulfide) groups is 1. The standard InChI is InChI=1S/C20H17FN2O3S2/c21-15-8-6-14(7-9-15)19-23-17(13-28-19)20(25)26-12-18(24)22-10-11-27-16-4-2-1-3-5-16/h1-9,13H,10-12H2,(H,22,24). The molecule has 0 unspecified atom stereocenters. The average Bonchev–Trinajstić information content (AvgIpc) is 3.21. The molecule has 0 saturated heterocycles. The smallest absolute Gasteiger partial charge is 0.358 e. The molecule has 0 fully saturated rings. The van der Waals surface area contributed by atoms with Crippen LogP contribution in [0.2, 0.25) is 0 Å². The molecule has 2 aromatic carbocycles. The third kappa shape index (κ3) is 5.90. The molecule has 3 aromatic rings. The van der Waals surface area contributed by atoms with Gasteiger partial charge in [0.1, 0.15) is 10.8 Å². The molecule has 0 spiro atoms. The molecule has 0 atom stereocenters. The Bertz CT molecular complexity index is 930. The van der Waals surface area contributed by atoms with Crippen LogP contribution in [-0.4, -0.2) is 35.8 Å². The summed E-state index contributed by atoms with van der Waals surface area (Å²) in [5.74, 6) is -0.654. The molecule has 0 radical (unpaired) electrons. The number of hydrogen-bond acceptors (Lipinski definition) is 6. The van der Waals surface area contributed by atoms with E-state index in [1.165, 1.54) is 23.5 Å². The Morgan fingerprint density at radius 3 is 2.61 bits per heavy atom. The van der Waals surface area contributed by atoms with Crippen LogP contribution in [0.15, 0.2) is 64.9 Å². The van der Waals surface area contributed by atoms with E-state index < -0.39 is 5.97 Å². The average molecular weight is 416 g/mol. The van der Waals surface area contributed by atoms with Crippen molar-refractivity contribution in [2.75, 3.05) is 18.9 Å². The van der Waals surface area contributed by atoms with E-state index in [2.05, 4.69) is 10.3 Å². The summed E-state index contributed by atoms with van der Waals surface area (Å²) in [6.45, 7) is 0.111. The maximum atomic E-state index is 13.0. The molecular formula is C20H17FN2O3S2. The Hall–Kier alpha value is -2.71. The fourth-order valence-electron chi connectivity index (χ4n) is 2.22. The highest BCUT2D eigenvalue weighted by Crippen LogP contribution is 2.24. The van der Waals surface area contributed by atoms with Gasteiger partial charge in [0, 0.05) is 28.1 Å². The maximum Gasteiger partial charge on any atom is 0.358 e. The zero-order valence-corrected chi connectivity index (χ0v) is 16.4. The van der Waals surface area contributed by atoms with Crippen LogP contribution >= 0.6 is 23.1 Å². The van der Waals surface area contributed by atoms with E-state index in [9.17, 15) is 14.0 Å². The third-order valence-electron chi connectivity index (χ3n) is 3.58. The second-order valence-electron chi connectivity index (χ2n) is 5.63. The van der Waals surface area contributed by atoms with Gasteiger partial charge in [-0.05, 0) is 36.4 Å². The fourth-order valence-corrected chi connectivity index (χ4v) is 3.81. The number of carbonyl (C=O) groups excluding carboxylic acids is 2. The summed E-state index contributed by atoms with van der Waals surface area (Å²) in [6, 6.07) is 15.7. The minimum absolute atomic E-state index is 0.122. The van der Waals surface area contributed by atoms with Crippen molar-refractivity contribution in [3.63, 3.8) is 0 Å². The van der Waals surface area contributed by atoms with Crippen LogP contribution in [0.1, 0.15) is 10.5 Å². The van der Waals surface area contributed by atoms with Gasteiger partial charge in [0.2, 0.25) is 0 Å². The number of thiazole rings is 1. The van der Waals surface area contributed by atoms with Gasteiger partial charge in [-0.25, -0.2) is 14.2 Å². The summed E-state index contributed by atoms with van der Waals surface area (Å²) in [5, 5.41) is 4.83. The van der Waals surface area contributed by atoms with E-state index in [-0.39, 0.29) is 24.0 Å². The van der Waals surface area contributed by atoms with Crippen LogP contribution in [0, 0.1) is 5.82 Å². The lowest BCUT2D eigenvalue weighted by Crippen LogP contribution is -2.30. The molecule has 5 nitrogen and oxygen atoms in total. The van der Waals surface area contributed by atoms with Crippen LogP contribution in [-0.2, 0) is 9.53 Å². The molecule has 3 rings (SSSR count). The van der Waals surface area contributed by atoms with Crippen molar-refractivity contribution < 1.29 is 18.7 Å². The Labute approximate surface area is 170 Å². The summed E-state index contributed by atoms with van der Waals surface area (Å²) in [5.41, 5.74) is 0.830. The number of benzene rings is 2. The predicted octanol–water partition coefficient (Wildman–Crippen LogP) is 4.01. The number of rotatable bonds is 8. The lowest BCUT2D eigenvalue weighted by atomic mass is 10.2. The van der Waals surface area contributed by atoms with Crippen molar-refractivity contribution in [2.45, 2.75) is 4.90 Å². The van der Waals surface area contributed by atoms with Gasteiger partial charge < -0.3 is 10.1 Å². The number of amides is 1. The quantitative estimate of drug-likeness (QED) is 0.341. The SMILES string of the molecule is O=C(COC(=O)c1csc(-c2ccc(F)cc2)n1)NCCSc1ccccc1. The number of nitrogens with one attached hydrogen (secondary N) is 1. The summed E-state index contributed by atoms with van der Waals surface area (Å²) in [6.07, 6.45) is 0. The van der Waals surface area contributed by atoms with E-state index in [0.29, 0.717) is 17.1 Å².